The average Bonchev–Trinajstić information content (AvgIpc) is 2.03. The maximum atomic E-state index is 3.66. The molecule has 0 radical (unpaired) electrons. The van der Waals surface area contributed by atoms with Crippen LogP contribution in [0, 0.1) is 0 Å². The Bertz CT molecular complexity index is 228. The van der Waals surface area contributed by atoms with Crippen LogP contribution < -0.4 is 0 Å². The Labute approximate surface area is 68.4 Å². The van der Waals surface area contributed by atoms with Crippen molar-refractivity contribution in [2.24, 2.45) is 3.96 Å². The molecule has 1 rings (SSSR count). The van der Waals surface area contributed by atoms with Crippen molar-refractivity contribution in [3.8, 4) is 0 Å². The monoisotopic (exact) mass is 172 g/mol. The molecular formula is C8H7MnN. The van der Waals surface area contributed by atoms with E-state index in [0.717, 1.165) is 5.56 Å². The van der Waals surface area contributed by atoms with Crippen LogP contribution in [0.4, 0.5) is 0 Å². The first kappa shape index (κ1) is 7.39. The van der Waals surface area contributed by atoms with E-state index in [4.69, 9.17) is 0 Å². The zero-order valence-corrected chi connectivity index (χ0v) is 6.55. The summed E-state index contributed by atoms with van der Waals surface area (Å²) < 4.78 is 3.66. The van der Waals surface area contributed by atoms with E-state index >= 15 is 0 Å². The van der Waals surface area contributed by atoms with Gasteiger partial charge in [-0.1, -0.05) is 0 Å². The standard InChI is InChI=1S/C8H7N.Mn/c9-7-6-8-4-2-1-3-5-8;/h1-7H;. The maximum absolute atomic E-state index is 3.66. The summed E-state index contributed by atoms with van der Waals surface area (Å²) in [5.41, 5.74) is 1.16. The number of hydrogen-bond donors (Lipinski definition) is 0. The van der Waals surface area contributed by atoms with Crippen LogP contribution in [0.3, 0.4) is 0 Å². The molecule has 0 fully saturated rings. The Hall–Kier alpha value is -0.721. The van der Waals surface area contributed by atoms with Crippen molar-refractivity contribution in [3.05, 3.63) is 42.1 Å². The van der Waals surface area contributed by atoms with Crippen molar-refractivity contribution in [1.82, 2.24) is 0 Å². The molecule has 0 aliphatic carbocycles. The van der Waals surface area contributed by atoms with E-state index in [1.807, 2.05) is 36.4 Å². The topological polar surface area (TPSA) is 12.4 Å². The molecule has 1 aromatic carbocycles. The van der Waals surface area contributed by atoms with Crippen LogP contribution in [0.25, 0.3) is 6.08 Å². The van der Waals surface area contributed by atoms with Crippen molar-refractivity contribution in [1.29, 1.82) is 0 Å². The van der Waals surface area contributed by atoms with Crippen molar-refractivity contribution in [3.63, 3.8) is 0 Å². The van der Waals surface area contributed by atoms with Gasteiger partial charge < -0.3 is 0 Å². The summed E-state index contributed by atoms with van der Waals surface area (Å²) >= 11 is 2.95. The first-order valence-electron chi connectivity index (χ1n) is 2.96. The molecule has 0 N–H and O–H groups in total. The number of benzene rings is 1. The fraction of sp³-hybridized carbons (Fsp3) is 0. The van der Waals surface area contributed by atoms with Gasteiger partial charge in [-0.2, -0.15) is 0 Å². The first-order chi connectivity index (χ1) is 4.93. The summed E-state index contributed by atoms with van der Waals surface area (Å²) in [4.78, 5) is 0. The van der Waals surface area contributed by atoms with Gasteiger partial charge in [0.15, 0.2) is 0 Å². The van der Waals surface area contributed by atoms with Crippen LogP contribution in [0.5, 0.6) is 0 Å². The normalized spacial score (nSPS) is 10.0. The molecule has 51 valence electrons. The van der Waals surface area contributed by atoms with Crippen molar-refractivity contribution >= 4 is 6.08 Å². The summed E-state index contributed by atoms with van der Waals surface area (Å²) in [7, 11) is 0. The van der Waals surface area contributed by atoms with Crippen LogP contribution in [-0.4, -0.2) is 0 Å². The van der Waals surface area contributed by atoms with Crippen molar-refractivity contribution < 1.29 is 15.8 Å². The Morgan fingerprint density at radius 1 is 1.20 bits per heavy atom. The summed E-state index contributed by atoms with van der Waals surface area (Å²) in [6.45, 7) is 0. The molecule has 1 aromatic rings. The van der Waals surface area contributed by atoms with Crippen LogP contribution in [0.1, 0.15) is 5.56 Å². The van der Waals surface area contributed by atoms with Gasteiger partial charge in [0.05, 0.1) is 0 Å². The Morgan fingerprint density at radius 3 is 2.50 bits per heavy atom. The molecule has 0 atom stereocenters. The fourth-order valence-electron chi connectivity index (χ4n) is 0.678. The molecule has 0 amide bonds. The minimum atomic E-state index is 1.16. The first-order valence-corrected chi connectivity index (χ1v) is 3.49. The quantitative estimate of drug-likeness (QED) is 0.607. The molecule has 0 bridgehead atoms. The van der Waals surface area contributed by atoms with Gasteiger partial charge in [-0.3, -0.25) is 0 Å². The van der Waals surface area contributed by atoms with Crippen LogP contribution in [0.2, 0.25) is 0 Å². The molecule has 0 spiro atoms. The van der Waals surface area contributed by atoms with E-state index in [1.165, 1.54) is 0 Å². The van der Waals surface area contributed by atoms with E-state index in [1.54, 1.807) is 6.20 Å². The zero-order chi connectivity index (χ0) is 7.23. The van der Waals surface area contributed by atoms with E-state index in [9.17, 15) is 0 Å². The number of nitrogens with zero attached hydrogens (tertiary/aromatic N) is 1. The predicted octanol–water partition coefficient (Wildman–Crippen LogP) is 2.39. The molecule has 1 nitrogen and oxygen atoms in total. The third-order valence-electron chi connectivity index (χ3n) is 1.12. The zero-order valence-electron chi connectivity index (χ0n) is 5.37. The van der Waals surface area contributed by atoms with E-state index < -0.39 is 0 Å². The molecule has 0 aliphatic heterocycles. The van der Waals surface area contributed by atoms with Crippen molar-refractivity contribution in [2.45, 2.75) is 0 Å². The molecule has 0 heterocycles. The molecule has 0 unspecified atom stereocenters. The van der Waals surface area contributed by atoms with Crippen LogP contribution in [0.15, 0.2) is 40.5 Å². The molecule has 0 saturated carbocycles. The summed E-state index contributed by atoms with van der Waals surface area (Å²) in [5.74, 6) is 0. The second kappa shape index (κ2) is 4.15. The SMILES string of the molecule is [Mn]=[N]C=Cc1ccccc1. The Balaban J connectivity index is 2.76. The van der Waals surface area contributed by atoms with Gasteiger partial charge in [-0.25, -0.2) is 0 Å². The fourth-order valence-corrected chi connectivity index (χ4v) is 0.766. The second-order valence-corrected chi connectivity index (χ2v) is 2.13. The van der Waals surface area contributed by atoms with Crippen LogP contribution >= 0.6 is 0 Å². The molecule has 10 heavy (non-hydrogen) atoms. The Morgan fingerprint density at radius 2 is 1.90 bits per heavy atom. The third-order valence-corrected chi connectivity index (χ3v) is 1.30. The van der Waals surface area contributed by atoms with Gasteiger partial charge in [0.1, 0.15) is 0 Å². The van der Waals surface area contributed by atoms with Gasteiger partial charge in [0, 0.05) is 0 Å². The van der Waals surface area contributed by atoms with Gasteiger partial charge in [0.2, 0.25) is 0 Å². The Kier molecular flexibility index (Phi) is 3.07. The minimum absolute atomic E-state index is 1.16. The summed E-state index contributed by atoms with van der Waals surface area (Å²) in [6.07, 6.45) is 3.63. The molecule has 0 saturated heterocycles. The van der Waals surface area contributed by atoms with E-state index in [-0.39, 0.29) is 0 Å². The molecular weight excluding hydrogens is 165 g/mol. The van der Waals surface area contributed by atoms with Gasteiger partial charge in [-0.15, -0.1) is 0 Å². The van der Waals surface area contributed by atoms with E-state index in [2.05, 4.69) is 19.8 Å². The third kappa shape index (κ3) is 2.26. The molecule has 2 heteroatoms. The molecule has 0 aromatic heterocycles. The number of hydrogen-bond acceptors (Lipinski definition) is 1. The van der Waals surface area contributed by atoms with Gasteiger partial charge in [0.25, 0.3) is 0 Å². The molecule has 0 aliphatic rings. The predicted molar refractivity (Wildman–Crippen MR) is 37.9 cm³/mol. The summed E-state index contributed by atoms with van der Waals surface area (Å²) in [5, 5.41) is 0. The number of rotatable bonds is 2. The van der Waals surface area contributed by atoms with Crippen molar-refractivity contribution in [2.75, 3.05) is 0 Å². The van der Waals surface area contributed by atoms with Gasteiger partial charge >= 0.3 is 68.0 Å². The second-order valence-electron chi connectivity index (χ2n) is 1.82. The average molecular weight is 172 g/mol. The summed E-state index contributed by atoms with van der Waals surface area (Å²) in [6, 6.07) is 10.0. The van der Waals surface area contributed by atoms with Gasteiger partial charge in [-0.05, 0) is 0 Å². The van der Waals surface area contributed by atoms with E-state index in [0.29, 0.717) is 0 Å². The van der Waals surface area contributed by atoms with Crippen LogP contribution in [-0.2, 0) is 15.8 Å².